The van der Waals surface area contributed by atoms with Crippen molar-refractivity contribution in [2.75, 3.05) is 20.3 Å². The Kier molecular flexibility index (Phi) is 7.76. The van der Waals surface area contributed by atoms with E-state index < -0.39 is 18.5 Å². The van der Waals surface area contributed by atoms with Crippen molar-refractivity contribution in [1.82, 2.24) is 5.32 Å². The van der Waals surface area contributed by atoms with Gasteiger partial charge in [-0.2, -0.15) is 0 Å². The van der Waals surface area contributed by atoms with Crippen molar-refractivity contribution in [3.63, 3.8) is 0 Å². The predicted octanol–water partition coefficient (Wildman–Crippen LogP) is 3.80. The van der Waals surface area contributed by atoms with Crippen molar-refractivity contribution >= 4 is 35.1 Å². The number of hydrogen-bond acceptors (Lipinski definition) is 5. The van der Waals surface area contributed by atoms with Crippen LogP contribution in [-0.2, 0) is 14.3 Å². The van der Waals surface area contributed by atoms with Crippen LogP contribution in [0.2, 0.25) is 10.0 Å². The summed E-state index contributed by atoms with van der Waals surface area (Å²) < 4.78 is 15.2. The topological polar surface area (TPSA) is 73.9 Å². The third-order valence-electron chi connectivity index (χ3n) is 3.59. The third-order valence-corrected chi connectivity index (χ3v) is 4.15. The summed E-state index contributed by atoms with van der Waals surface area (Å²) in [4.78, 5) is 23.6. The molecular weight excluding hydrogens is 393 g/mol. The van der Waals surface area contributed by atoms with Gasteiger partial charge in [-0.05, 0) is 48.9 Å². The summed E-state index contributed by atoms with van der Waals surface area (Å²) in [6.07, 6.45) is 0. The first-order chi connectivity index (χ1) is 12.9. The number of rotatable bonds is 8. The molecule has 27 heavy (non-hydrogen) atoms. The van der Waals surface area contributed by atoms with E-state index in [2.05, 4.69) is 5.32 Å². The van der Waals surface area contributed by atoms with Crippen molar-refractivity contribution in [3.05, 3.63) is 58.1 Å². The molecule has 144 valence electrons. The summed E-state index contributed by atoms with van der Waals surface area (Å²) in [5, 5.41) is 3.65. The van der Waals surface area contributed by atoms with Gasteiger partial charge in [0.05, 0.1) is 13.2 Å². The summed E-state index contributed by atoms with van der Waals surface area (Å²) in [5.74, 6) is 0.0594. The molecule has 0 heterocycles. The fourth-order valence-electron chi connectivity index (χ4n) is 2.22. The molecule has 0 bridgehead atoms. The SMILES string of the molecule is COc1ccc(OCC(=O)OCC(=O)NC(C)c2ccc(Cl)cc2Cl)cc1. The van der Waals surface area contributed by atoms with Crippen LogP contribution in [0.15, 0.2) is 42.5 Å². The number of methoxy groups -OCH3 is 1. The van der Waals surface area contributed by atoms with Gasteiger partial charge in [-0.1, -0.05) is 29.3 Å². The Hall–Kier alpha value is -2.44. The van der Waals surface area contributed by atoms with Gasteiger partial charge in [0.15, 0.2) is 13.2 Å². The van der Waals surface area contributed by atoms with E-state index in [0.29, 0.717) is 27.1 Å². The van der Waals surface area contributed by atoms with Crippen LogP contribution >= 0.6 is 23.2 Å². The second kappa shape index (κ2) is 10.0. The van der Waals surface area contributed by atoms with E-state index in [4.69, 9.17) is 37.4 Å². The minimum absolute atomic E-state index is 0.307. The molecule has 2 aromatic rings. The van der Waals surface area contributed by atoms with Crippen LogP contribution in [0, 0.1) is 0 Å². The highest BCUT2D eigenvalue weighted by molar-refractivity contribution is 6.35. The highest BCUT2D eigenvalue weighted by Gasteiger charge is 2.14. The zero-order valence-electron chi connectivity index (χ0n) is 14.8. The van der Waals surface area contributed by atoms with Gasteiger partial charge in [-0.3, -0.25) is 4.79 Å². The van der Waals surface area contributed by atoms with E-state index in [9.17, 15) is 9.59 Å². The lowest BCUT2D eigenvalue weighted by molar-refractivity contribution is -0.150. The molecule has 0 saturated heterocycles. The van der Waals surface area contributed by atoms with Crippen molar-refractivity contribution in [1.29, 1.82) is 0 Å². The molecule has 6 nitrogen and oxygen atoms in total. The average molecular weight is 412 g/mol. The summed E-state index contributed by atoms with van der Waals surface area (Å²) in [6, 6.07) is 11.4. The summed E-state index contributed by atoms with van der Waals surface area (Å²) in [5.41, 5.74) is 0.712. The highest BCUT2D eigenvalue weighted by atomic mass is 35.5. The maximum absolute atomic E-state index is 11.9. The first kappa shape index (κ1) is 20.9. The van der Waals surface area contributed by atoms with Crippen LogP contribution in [0.5, 0.6) is 11.5 Å². The lowest BCUT2D eigenvalue weighted by Crippen LogP contribution is -2.32. The minimum atomic E-state index is -0.654. The van der Waals surface area contributed by atoms with Crippen LogP contribution in [0.3, 0.4) is 0 Å². The number of esters is 1. The first-order valence-electron chi connectivity index (χ1n) is 8.06. The fourth-order valence-corrected chi connectivity index (χ4v) is 2.79. The highest BCUT2D eigenvalue weighted by Crippen LogP contribution is 2.26. The summed E-state index contributed by atoms with van der Waals surface area (Å²) in [6.45, 7) is 1.04. The van der Waals surface area contributed by atoms with E-state index in [1.54, 1.807) is 56.5 Å². The van der Waals surface area contributed by atoms with Crippen LogP contribution in [0.4, 0.5) is 0 Å². The molecule has 2 rings (SSSR count). The maximum atomic E-state index is 11.9. The van der Waals surface area contributed by atoms with Gasteiger partial charge in [0.1, 0.15) is 11.5 Å². The zero-order valence-corrected chi connectivity index (χ0v) is 16.3. The number of amides is 1. The first-order valence-corrected chi connectivity index (χ1v) is 8.81. The van der Waals surface area contributed by atoms with Gasteiger partial charge in [0.2, 0.25) is 0 Å². The Morgan fingerprint density at radius 3 is 2.33 bits per heavy atom. The average Bonchev–Trinajstić information content (AvgIpc) is 2.65. The van der Waals surface area contributed by atoms with Crippen molar-refractivity contribution in [2.24, 2.45) is 0 Å². The Morgan fingerprint density at radius 2 is 1.70 bits per heavy atom. The van der Waals surface area contributed by atoms with E-state index in [-0.39, 0.29) is 12.6 Å². The second-order valence-electron chi connectivity index (χ2n) is 5.58. The van der Waals surface area contributed by atoms with Gasteiger partial charge >= 0.3 is 5.97 Å². The Labute approximate surface area is 167 Å². The van der Waals surface area contributed by atoms with Crippen molar-refractivity contribution in [2.45, 2.75) is 13.0 Å². The Balaban J connectivity index is 1.74. The van der Waals surface area contributed by atoms with Crippen LogP contribution in [0.25, 0.3) is 0 Å². The minimum Gasteiger partial charge on any atom is -0.497 e. The van der Waals surface area contributed by atoms with E-state index >= 15 is 0 Å². The van der Waals surface area contributed by atoms with Gasteiger partial charge in [0, 0.05) is 10.0 Å². The normalized spacial score (nSPS) is 11.4. The predicted molar refractivity (Wildman–Crippen MR) is 102 cm³/mol. The summed E-state index contributed by atoms with van der Waals surface area (Å²) >= 11 is 12.0. The molecule has 0 aromatic heterocycles. The van der Waals surface area contributed by atoms with Gasteiger partial charge in [-0.15, -0.1) is 0 Å². The molecular formula is C19H19Cl2NO5. The molecule has 0 aliphatic carbocycles. The molecule has 0 saturated carbocycles. The molecule has 0 radical (unpaired) electrons. The number of hydrogen-bond donors (Lipinski definition) is 1. The molecule has 1 amide bonds. The monoisotopic (exact) mass is 411 g/mol. The smallest absolute Gasteiger partial charge is 0.344 e. The molecule has 0 aliphatic heterocycles. The van der Waals surface area contributed by atoms with Gasteiger partial charge < -0.3 is 19.5 Å². The maximum Gasteiger partial charge on any atom is 0.344 e. The summed E-state index contributed by atoms with van der Waals surface area (Å²) in [7, 11) is 1.56. The quantitative estimate of drug-likeness (QED) is 0.668. The number of nitrogens with one attached hydrogen (secondary N) is 1. The van der Waals surface area contributed by atoms with Crippen molar-refractivity contribution in [3.8, 4) is 11.5 Å². The molecule has 0 spiro atoms. The van der Waals surface area contributed by atoms with Crippen LogP contribution in [-0.4, -0.2) is 32.2 Å². The zero-order chi connectivity index (χ0) is 19.8. The molecule has 1 N–H and O–H groups in total. The lowest BCUT2D eigenvalue weighted by atomic mass is 10.1. The Morgan fingerprint density at radius 1 is 1.04 bits per heavy atom. The second-order valence-corrected chi connectivity index (χ2v) is 6.42. The molecule has 2 aromatic carbocycles. The third kappa shape index (κ3) is 6.66. The van der Waals surface area contributed by atoms with Crippen LogP contribution in [0.1, 0.15) is 18.5 Å². The number of carbonyl (C=O) groups is 2. The van der Waals surface area contributed by atoms with E-state index in [0.717, 1.165) is 0 Å². The van der Waals surface area contributed by atoms with Crippen molar-refractivity contribution < 1.29 is 23.8 Å². The largest absolute Gasteiger partial charge is 0.497 e. The van der Waals surface area contributed by atoms with E-state index in [1.807, 2.05) is 0 Å². The standard InChI is InChI=1S/C19H19Cl2NO5/c1-12(16-8-3-13(20)9-17(16)21)22-18(23)10-27-19(24)11-26-15-6-4-14(25-2)5-7-15/h3-9,12H,10-11H2,1-2H3,(H,22,23). The molecule has 8 heteroatoms. The number of halogens is 2. The van der Waals surface area contributed by atoms with Crippen LogP contribution < -0.4 is 14.8 Å². The number of carbonyl (C=O) groups excluding carboxylic acids is 2. The Bertz CT molecular complexity index is 795. The number of ether oxygens (including phenoxy) is 3. The molecule has 0 aliphatic rings. The lowest BCUT2D eigenvalue weighted by Gasteiger charge is -2.16. The number of benzene rings is 2. The van der Waals surface area contributed by atoms with E-state index in [1.165, 1.54) is 0 Å². The molecule has 1 atom stereocenters. The molecule has 0 fully saturated rings. The van der Waals surface area contributed by atoms with Gasteiger partial charge in [-0.25, -0.2) is 4.79 Å². The van der Waals surface area contributed by atoms with Gasteiger partial charge in [0.25, 0.3) is 5.91 Å². The fraction of sp³-hybridized carbons (Fsp3) is 0.263. The molecule has 1 unspecified atom stereocenters.